The second kappa shape index (κ2) is 6.38. The van der Waals surface area contributed by atoms with Crippen LogP contribution in [-0.2, 0) is 4.74 Å². The van der Waals surface area contributed by atoms with E-state index in [0.717, 1.165) is 34.6 Å². The molecule has 0 aliphatic carbocycles. The van der Waals surface area contributed by atoms with E-state index in [0.29, 0.717) is 12.0 Å². The molecule has 1 aliphatic rings. The van der Waals surface area contributed by atoms with Crippen molar-refractivity contribution in [2.75, 3.05) is 13.2 Å². The quantitative estimate of drug-likeness (QED) is 0.893. The summed E-state index contributed by atoms with van der Waals surface area (Å²) >= 11 is 9.67. The first-order valence-electron chi connectivity index (χ1n) is 6.38. The zero-order valence-electron chi connectivity index (χ0n) is 10.7. The van der Waals surface area contributed by atoms with E-state index in [4.69, 9.17) is 16.3 Å². The lowest BCUT2D eigenvalue weighted by molar-refractivity contribution is 0.0895. The largest absolute Gasteiger partial charge is 0.373 e. The van der Waals surface area contributed by atoms with Crippen molar-refractivity contribution in [2.45, 2.75) is 32.4 Å². The van der Waals surface area contributed by atoms with E-state index < -0.39 is 0 Å². The van der Waals surface area contributed by atoms with E-state index in [9.17, 15) is 0 Å². The topological polar surface area (TPSA) is 21.3 Å². The molecule has 1 aliphatic heterocycles. The second-order valence-corrected chi connectivity index (χ2v) is 6.36. The van der Waals surface area contributed by atoms with Gasteiger partial charge in [-0.25, -0.2) is 0 Å². The van der Waals surface area contributed by atoms with Crippen LogP contribution in [0.4, 0.5) is 0 Å². The van der Waals surface area contributed by atoms with Crippen molar-refractivity contribution in [3.63, 3.8) is 0 Å². The highest BCUT2D eigenvalue weighted by Crippen LogP contribution is 2.38. The number of nitrogens with one attached hydrogen (secondary N) is 1. The summed E-state index contributed by atoms with van der Waals surface area (Å²) in [4.78, 5) is 0. The van der Waals surface area contributed by atoms with Gasteiger partial charge in [0.15, 0.2) is 0 Å². The molecule has 1 heterocycles. The predicted molar refractivity (Wildman–Crippen MR) is 79.1 cm³/mol. The van der Waals surface area contributed by atoms with Gasteiger partial charge in [0.2, 0.25) is 0 Å². The minimum absolute atomic E-state index is 0.143. The molecule has 0 radical (unpaired) electrons. The van der Waals surface area contributed by atoms with Gasteiger partial charge in [-0.3, -0.25) is 0 Å². The zero-order valence-corrected chi connectivity index (χ0v) is 13.1. The lowest BCUT2D eigenvalue weighted by atomic mass is 9.95. The van der Waals surface area contributed by atoms with E-state index in [1.807, 2.05) is 18.2 Å². The number of ether oxygens (including phenoxy) is 1. The fourth-order valence-corrected chi connectivity index (χ4v) is 2.96. The van der Waals surface area contributed by atoms with Gasteiger partial charge in [0.25, 0.3) is 0 Å². The summed E-state index contributed by atoms with van der Waals surface area (Å²) in [5, 5.41) is 4.26. The highest BCUT2D eigenvalue weighted by atomic mass is 79.9. The Bertz CT molecular complexity index is 411. The fourth-order valence-electron chi connectivity index (χ4n) is 2.31. The third-order valence-electron chi connectivity index (χ3n) is 3.27. The molecule has 2 rings (SSSR count). The van der Waals surface area contributed by atoms with Crippen molar-refractivity contribution < 1.29 is 4.74 Å². The number of halogens is 2. The fraction of sp³-hybridized carbons (Fsp3) is 0.571. The van der Waals surface area contributed by atoms with Crippen LogP contribution in [-0.4, -0.2) is 19.2 Å². The summed E-state index contributed by atoms with van der Waals surface area (Å²) in [5.74, 6) is 0.516. The highest BCUT2D eigenvalue weighted by molar-refractivity contribution is 9.10. The molecule has 1 fully saturated rings. The van der Waals surface area contributed by atoms with Gasteiger partial charge in [0.05, 0.1) is 6.10 Å². The molecule has 2 unspecified atom stereocenters. The van der Waals surface area contributed by atoms with Crippen LogP contribution in [0.15, 0.2) is 22.7 Å². The molecular formula is C14H19BrClNO. The van der Waals surface area contributed by atoms with Crippen LogP contribution in [0.5, 0.6) is 0 Å². The maximum atomic E-state index is 6.08. The molecule has 0 bridgehead atoms. The van der Waals surface area contributed by atoms with E-state index in [2.05, 4.69) is 35.1 Å². The molecule has 1 N–H and O–H groups in total. The summed E-state index contributed by atoms with van der Waals surface area (Å²) in [6.45, 7) is 6.15. The first kappa shape index (κ1) is 14.3. The molecule has 4 heteroatoms. The van der Waals surface area contributed by atoms with Crippen molar-refractivity contribution in [1.29, 1.82) is 0 Å². The van der Waals surface area contributed by atoms with Gasteiger partial charge in [-0.1, -0.05) is 41.4 Å². The van der Waals surface area contributed by atoms with Crippen LogP contribution in [0, 0.1) is 5.92 Å². The lowest BCUT2D eigenvalue weighted by Crippen LogP contribution is -2.30. The summed E-state index contributed by atoms with van der Waals surface area (Å²) in [5.41, 5.74) is 1.16. The number of benzene rings is 1. The van der Waals surface area contributed by atoms with Gasteiger partial charge in [-0.15, -0.1) is 0 Å². The molecule has 0 saturated carbocycles. The molecular weight excluding hydrogens is 314 g/mol. The molecule has 0 amide bonds. The Balaban J connectivity index is 2.13. The summed E-state index contributed by atoms with van der Waals surface area (Å²) in [6, 6.07) is 6.40. The molecule has 1 aromatic rings. The smallest absolute Gasteiger partial charge is 0.0877 e. The normalized spacial score (nSPS) is 23.8. The monoisotopic (exact) mass is 331 g/mol. The molecule has 1 saturated heterocycles. The SMILES string of the molecule is CC(C)NCC1CCOC1c1cc(Cl)ccc1Br. The van der Waals surface area contributed by atoms with E-state index in [-0.39, 0.29) is 6.10 Å². The number of hydrogen-bond acceptors (Lipinski definition) is 2. The average molecular weight is 333 g/mol. The van der Waals surface area contributed by atoms with E-state index in [1.165, 1.54) is 0 Å². The van der Waals surface area contributed by atoms with Crippen LogP contribution in [0.2, 0.25) is 5.02 Å². The van der Waals surface area contributed by atoms with Crippen LogP contribution in [0.1, 0.15) is 31.9 Å². The van der Waals surface area contributed by atoms with Gasteiger partial charge in [0, 0.05) is 34.6 Å². The second-order valence-electron chi connectivity index (χ2n) is 5.07. The highest BCUT2D eigenvalue weighted by Gasteiger charge is 2.30. The molecule has 1 aromatic carbocycles. The van der Waals surface area contributed by atoms with Crippen molar-refractivity contribution in [3.05, 3.63) is 33.3 Å². The van der Waals surface area contributed by atoms with E-state index in [1.54, 1.807) is 0 Å². The van der Waals surface area contributed by atoms with Crippen LogP contribution in [0.25, 0.3) is 0 Å². The molecule has 18 heavy (non-hydrogen) atoms. The Morgan fingerprint density at radius 3 is 3.00 bits per heavy atom. The molecule has 0 aromatic heterocycles. The molecule has 2 nitrogen and oxygen atoms in total. The van der Waals surface area contributed by atoms with Crippen molar-refractivity contribution >= 4 is 27.5 Å². The minimum atomic E-state index is 0.143. The minimum Gasteiger partial charge on any atom is -0.373 e. The van der Waals surface area contributed by atoms with Crippen molar-refractivity contribution in [2.24, 2.45) is 5.92 Å². The standard InChI is InChI=1S/C14H19BrClNO/c1-9(2)17-8-10-5-6-18-14(10)12-7-11(16)3-4-13(12)15/h3-4,7,9-10,14,17H,5-6,8H2,1-2H3. The summed E-state index contributed by atoms with van der Waals surface area (Å²) in [7, 11) is 0. The number of rotatable bonds is 4. The first-order valence-corrected chi connectivity index (χ1v) is 7.55. The summed E-state index contributed by atoms with van der Waals surface area (Å²) in [6.07, 6.45) is 1.24. The van der Waals surface area contributed by atoms with Crippen LogP contribution in [0.3, 0.4) is 0 Å². The maximum absolute atomic E-state index is 6.08. The van der Waals surface area contributed by atoms with Gasteiger partial charge >= 0.3 is 0 Å². The average Bonchev–Trinajstić information content (AvgIpc) is 2.77. The van der Waals surface area contributed by atoms with Gasteiger partial charge in [0.1, 0.15) is 0 Å². The Morgan fingerprint density at radius 2 is 2.28 bits per heavy atom. The Hall–Kier alpha value is -0.0900. The maximum Gasteiger partial charge on any atom is 0.0877 e. The zero-order chi connectivity index (χ0) is 13.1. The Morgan fingerprint density at radius 1 is 1.50 bits per heavy atom. The predicted octanol–water partition coefficient (Wildman–Crippen LogP) is 4.18. The summed E-state index contributed by atoms with van der Waals surface area (Å²) < 4.78 is 6.97. The van der Waals surface area contributed by atoms with Crippen LogP contribution >= 0.6 is 27.5 Å². The van der Waals surface area contributed by atoms with Gasteiger partial charge in [-0.2, -0.15) is 0 Å². The Labute approximate surface area is 122 Å². The first-order chi connectivity index (χ1) is 8.58. The Kier molecular flexibility index (Phi) is 5.07. The lowest BCUT2D eigenvalue weighted by Gasteiger charge is -2.21. The van der Waals surface area contributed by atoms with Gasteiger partial charge in [-0.05, 0) is 30.2 Å². The third-order valence-corrected chi connectivity index (χ3v) is 4.22. The van der Waals surface area contributed by atoms with E-state index >= 15 is 0 Å². The molecule has 0 spiro atoms. The van der Waals surface area contributed by atoms with Gasteiger partial charge < -0.3 is 10.1 Å². The van der Waals surface area contributed by atoms with Crippen LogP contribution < -0.4 is 5.32 Å². The van der Waals surface area contributed by atoms with Crippen molar-refractivity contribution in [1.82, 2.24) is 5.32 Å². The number of hydrogen-bond donors (Lipinski definition) is 1. The molecule has 2 atom stereocenters. The third kappa shape index (κ3) is 3.47. The molecule has 100 valence electrons. The van der Waals surface area contributed by atoms with Crippen molar-refractivity contribution in [3.8, 4) is 0 Å².